The summed E-state index contributed by atoms with van der Waals surface area (Å²) in [6.45, 7) is 6.44. The van der Waals surface area contributed by atoms with E-state index in [-0.39, 0.29) is 5.41 Å². The fourth-order valence-corrected chi connectivity index (χ4v) is 2.05. The van der Waals surface area contributed by atoms with E-state index in [0.717, 1.165) is 30.6 Å². The summed E-state index contributed by atoms with van der Waals surface area (Å²) < 4.78 is 5.80. The number of ether oxygens (including phenoxy) is 1. The molecule has 0 amide bonds. The molecular formula is C17H24N2O2. The lowest BCUT2D eigenvalue weighted by molar-refractivity contribution is 0.293. The molecular weight excluding hydrogens is 264 g/mol. The van der Waals surface area contributed by atoms with Gasteiger partial charge < -0.3 is 9.94 Å². The molecule has 0 aliphatic rings. The van der Waals surface area contributed by atoms with Gasteiger partial charge in [-0.3, -0.25) is 0 Å². The van der Waals surface area contributed by atoms with Gasteiger partial charge in [0.1, 0.15) is 5.75 Å². The minimum atomic E-state index is -0.267. The molecule has 0 atom stereocenters. The maximum absolute atomic E-state index is 9.03. The number of nitriles is 1. The summed E-state index contributed by atoms with van der Waals surface area (Å²) >= 11 is 0. The van der Waals surface area contributed by atoms with Gasteiger partial charge in [0.25, 0.3) is 0 Å². The van der Waals surface area contributed by atoms with Gasteiger partial charge in [-0.25, -0.2) is 0 Å². The van der Waals surface area contributed by atoms with Crippen LogP contribution in [0.5, 0.6) is 5.75 Å². The van der Waals surface area contributed by atoms with E-state index < -0.39 is 0 Å². The molecule has 0 heterocycles. The fourth-order valence-electron chi connectivity index (χ4n) is 2.05. The lowest BCUT2D eigenvalue weighted by Gasteiger charge is -2.15. The molecule has 1 aromatic rings. The van der Waals surface area contributed by atoms with Crippen molar-refractivity contribution < 1.29 is 9.94 Å². The summed E-state index contributed by atoms with van der Waals surface area (Å²) in [6.07, 6.45) is 3.37. The second-order valence-electron chi connectivity index (χ2n) is 5.70. The smallest absolute Gasteiger partial charge is 0.128 e. The summed E-state index contributed by atoms with van der Waals surface area (Å²) in [6, 6.07) is 9.89. The van der Waals surface area contributed by atoms with E-state index in [9.17, 15) is 0 Å². The first-order valence-corrected chi connectivity index (χ1v) is 7.38. The lowest BCUT2D eigenvalue weighted by atomic mass is 9.89. The molecule has 0 bridgehead atoms. The standard InChI is InChI=1S/C17H24N2O2/c1-4-15(19-20)14-9-5-6-10-16(14)21-12-8-7-11-17(2,3)13-18/h5-6,9-10,20H,4,7-8,11-12H2,1-3H3/b19-15-. The van der Waals surface area contributed by atoms with Gasteiger partial charge in [-0.15, -0.1) is 0 Å². The Balaban J connectivity index is 2.52. The quantitative estimate of drug-likeness (QED) is 0.334. The number of unbranched alkanes of at least 4 members (excludes halogenated alkanes) is 1. The Labute approximate surface area is 127 Å². The van der Waals surface area contributed by atoms with Crippen molar-refractivity contribution in [3.63, 3.8) is 0 Å². The zero-order valence-corrected chi connectivity index (χ0v) is 13.1. The van der Waals surface area contributed by atoms with Crippen LogP contribution in [0.1, 0.15) is 52.0 Å². The summed E-state index contributed by atoms with van der Waals surface area (Å²) in [4.78, 5) is 0. The van der Waals surface area contributed by atoms with Crippen LogP contribution >= 0.6 is 0 Å². The third-order valence-corrected chi connectivity index (χ3v) is 3.41. The highest BCUT2D eigenvalue weighted by molar-refractivity contribution is 6.02. The monoisotopic (exact) mass is 288 g/mol. The molecule has 1 aromatic carbocycles. The van der Waals surface area contributed by atoms with Crippen molar-refractivity contribution in [3.8, 4) is 11.8 Å². The number of para-hydroxylation sites is 1. The van der Waals surface area contributed by atoms with Crippen LogP contribution in [-0.2, 0) is 0 Å². The van der Waals surface area contributed by atoms with E-state index in [1.54, 1.807) is 0 Å². The molecule has 4 heteroatoms. The first-order valence-electron chi connectivity index (χ1n) is 7.38. The van der Waals surface area contributed by atoms with Gasteiger partial charge >= 0.3 is 0 Å². The van der Waals surface area contributed by atoms with Crippen LogP contribution in [0.3, 0.4) is 0 Å². The van der Waals surface area contributed by atoms with Crippen molar-refractivity contribution in [1.29, 1.82) is 5.26 Å². The molecule has 0 unspecified atom stereocenters. The molecule has 0 radical (unpaired) electrons. The first-order chi connectivity index (χ1) is 10.0. The van der Waals surface area contributed by atoms with Gasteiger partial charge in [-0.2, -0.15) is 5.26 Å². The van der Waals surface area contributed by atoms with E-state index in [0.29, 0.717) is 18.7 Å². The predicted octanol–water partition coefficient (Wildman–Crippen LogP) is 4.37. The average Bonchev–Trinajstić information content (AvgIpc) is 2.49. The predicted molar refractivity (Wildman–Crippen MR) is 83.8 cm³/mol. The Morgan fingerprint density at radius 1 is 1.33 bits per heavy atom. The Morgan fingerprint density at radius 3 is 2.67 bits per heavy atom. The molecule has 0 aliphatic heterocycles. The van der Waals surface area contributed by atoms with Crippen molar-refractivity contribution in [2.75, 3.05) is 6.61 Å². The fraction of sp³-hybridized carbons (Fsp3) is 0.529. The molecule has 0 spiro atoms. The maximum Gasteiger partial charge on any atom is 0.128 e. The number of nitrogens with zero attached hydrogens (tertiary/aromatic N) is 2. The summed E-state index contributed by atoms with van der Waals surface area (Å²) in [5.74, 6) is 0.742. The zero-order valence-electron chi connectivity index (χ0n) is 13.1. The summed E-state index contributed by atoms with van der Waals surface area (Å²) in [7, 11) is 0. The van der Waals surface area contributed by atoms with Gasteiger partial charge in [0.15, 0.2) is 0 Å². The molecule has 1 N–H and O–H groups in total. The topological polar surface area (TPSA) is 65.6 Å². The van der Waals surface area contributed by atoms with Gasteiger partial charge in [0.05, 0.1) is 23.8 Å². The highest BCUT2D eigenvalue weighted by Crippen LogP contribution is 2.23. The summed E-state index contributed by atoms with van der Waals surface area (Å²) in [5, 5.41) is 21.3. The Hall–Kier alpha value is -2.02. The van der Waals surface area contributed by atoms with E-state index in [4.69, 9.17) is 15.2 Å². The van der Waals surface area contributed by atoms with Crippen LogP contribution in [0.4, 0.5) is 0 Å². The second kappa shape index (κ2) is 8.31. The number of rotatable bonds is 8. The summed E-state index contributed by atoms with van der Waals surface area (Å²) in [5.41, 5.74) is 1.19. The van der Waals surface area contributed by atoms with Crippen LogP contribution in [0, 0.1) is 16.7 Å². The molecule has 4 nitrogen and oxygen atoms in total. The van der Waals surface area contributed by atoms with E-state index >= 15 is 0 Å². The van der Waals surface area contributed by atoms with Crippen molar-refractivity contribution in [2.45, 2.75) is 46.5 Å². The Bertz CT molecular complexity index is 516. The van der Waals surface area contributed by atoms with Gasteiger partial charge in [0.2, 0.25) is 0 Å². The lowest BCUT2D eigenvalue weighted by Crippen LogP contribution is -2.09. The first kappa shape index (κ1) is 17.0. The van der Waals surface area contributed by atoms with Crippen LogP contribution in [0.2, 0.25) is 0 Å². The van der Waals surface area contributed by atoms with Gasteiger partial charge in [-0.1, -0.05) is 24.2 Å². The highest BCUT2D eigenvalue weighted by Gasteiger charge is 2.15. The number of benzene rings is 1. The zero-order chi connectivity index (χ0) is 15.7. The minimum absolute atomic E-state index is 0.267. The third-order valence-electron chi connectivity index (χ3n) is 3.41. The third kappa shape index (κ3) is 5.47. The highest BCUT2D eigenvalue weighted by atomic mass is 16.5. The van der Waals surface area contributed by atoms with Crippen molar-refractivity contribution in [3.05, 3.63) is 29.8 Å². The molecule has 1 rings (SSSR count). The second-order valence-corrected chi connectivity index (χ2v) is 5.70. The SMILES string of the molecule is CC/C(=N/O)c1ccccc1OCCCCC(C)(C)C#N. The molecule has 0 fully saturated rings. The molecule has 0 saturated carbocycles. The van der Waals surface area contributed by atoms with Crippen molar-refractivity contribution >= 4 is 5.71 Å². The van der Waals surface area contributed by atoms with E-state index in [1.165, 1.54) is 0 Å². The molecule has 21 heavy (non-hydrogen) atoms. The van der Waals surface area contributed by atoms with Crippen LogP contribution in [0.15, 0.2) is 29.4 Å². The van der Waals surface area contributed by atoms with Crippen LogP contribution in [0.25, 0.3) is 0 Å². The maximum atomic E-state index is 9.03. The largest absolute Gasteiger partial charge is 0.493 e. The van der Waals surface area contributed by atoms with Crippen molar-refractivity contribution in [1.82, 2.24) is 0 Å². The van der Waals surface area contributed by atoms with Gasteiger partial charge in [0, 0.05) is 5.56 Å². The van der Waals surface area contributed by atoms with Crippen molar-refractivity contribution in [2.24, 2.45) is 10.6 Å². The normalized spacial score (nSPS) is 12.0. The van der Waals surface area contributed by atoms with Crippen LogP contribution < -0.4 is 4.74 Å². The Morgan fingerprint density at radius 2 is 2.05 bits per heavy atom. The molecule has 0 aromatic heterocycles. The molecule has 0 saturated heterocycles. The van der Waals surface area contributed by atoms with E-state index in [2.05, 4.69) is 11.2 Å². The molecule has 114 valence electrons. The van der Waals surface area contributed by atoms with Crippen LogP contribution in [-0.4, -0.2) is 17.5 Å². The number of hydrogen-bond donors (Lipinski definition) is 1. The molecule has 0 aliphatic carbocycles. The van der Waals surface area contributed by atoms with E-state index in [1.807, 2.05) is 45.0 Å². The number of hydrogen-bond acceptors (Lipinski definition) is 4. The average molecular weight is 288 g/mol. The number of oxime groups is 1. The van der Waals surface area contributed by atoms with Gasteiger partial charge in [-0.05, 0) is 51.7 Å². The Kier molecular flexibility index (Phi) is 6.74. The minimum Gasteiger partial charge on any atom is -0.493 e.